The Labute approximate surface area is 100 Å². The van der Waals surface area contributed by atoms with Crippen LogP contribution < -0.4 is 5.32 Å². The smallest absolute Gasteiger partial charge is 0.161 e. The van der Waals surface area contributed by atoms with Gasteiger partial charge in [0.05, 0.1) is 0 Å². The summed E-state index contributed by atoms with van der Waals surface area (Å²) in [6.07, 6.45) is 0. The summed E-state index contributed by atoms with van der Waals surface area (Å²) in [6.45, 7) is 8.26. The molecule has 1 aromatic carbocycles. The van der Waals surface area contributed by atoms with Gasteiger partial charge in [-0.3, -0.25) is 0 Å². The number of rotatable bonds is 3. The highest BCUT2D eigenvalue weighted by molar-refractivity contribution is 5.25. The van der Waals surface area contributed by atoms with Gasteiger partial charge in [-0.25, -0.2) is 13.2 Å². The molecule has 1 N–H and O–H groups in total. The number of hydrogen-bond donors (Lipinski definition) is 1. The monoisotopic (exact) mass is 245 g/mol. The van der Waals surface area contributed by atoms with Crippen molar-refractivity contribution in [1.82, 2.24) is 5.32 Å². The summed E-state index contributed by atoms with van der Waals surface area (Å²) in [5.74, 6) is -2.89. The number of benzene rings is 1. The van der Waals surface area contributed by atoms with Crippen molar-refractivity contribution in [2.45, 2.75) is 33.7 Å². The van der Waals surface area contributed by atoms with Gasteiger partial charge in [-0.15, -0.1) is 0 Å². The van der Waals surface area contributed by atoms with Gasteiger partial charge in [0.25, 0.3) is 0 Å². The van der Waals surface area contributed by atoms with E-state index in [4.69, 9.17) is 0 Å². The van der Waals surface area contributed by atoms with Crippen LogP contribution in [0.3, 0.4) is 0 Å². The molecule has 4 heteroatoms. The molecule has 0 saturated heterocycles. The van der Waals surface area contributed by atoms with Gasteiger partial charge in [0.15, 0.2) is 11.6 Å². The number of hydrogen-bond acceptors (Lipinski definition) is 1. The Morgan fingerprint density at radius 3 is 2.06 bits per heavy atom. The lowest BCUT2D eigenvalue weighted by atomic mass is 9.82. The molecule has 0 fully saturated rings. The van der Waals surface area contributed by atoms with Crippen molar-refractivity contribution in [3.63, 3.8) is 0 Å². The van der Waals surface area contributed by atoms with Gasteiger partial charge in [0.2, 0.25) is 0 Å². The van der Waals surface area contributed by atoms with E-state index in [0.717, 1.165) is 6.07 Å². The third-order valence-corrected chi connectivity index (χ3v) is 2.62. The minimum absolute atomic E-state index is 0.165. The van der Waals surface area contributed by atoms with Crippen molar-refractivity contribution in [2.75, 3.05) is 6.54 Å². The SMILES string of the molecule is CCNC(c1cc(F)c(F)cc1F)C(C)(C)C. The van der Waals surface area contributed by atoms with Crippen LogP contribution in [0.1, 0.15) is 39.3 Å². The van der Waals surface area contributed by atoms with Crippen LogP contribution in [-0.2, 0) is 0 Å². The number of halogens is 3. The van der Waals surface area contributed by atoms with Crippen LogP contribution in [0.4, 0.5) is 13.2 Å². The van der Waals surface area contributed by atoms with Crippen LogP contribution in [0.25, 0.3) is 0 Å². The van der Waals surface area contributed by atoms with Crippen LogP contribution in [0, 0.1) is 22.9 Å². The molecule has 0 spiro atoms. The molecule has 0 heterocycles. The second kappa shape index (κ2) is 5.08. The highest BCUT2D eigenvalue weighted by Gasteiger charge is 2.28. The average molecular weight is 245 g/mol. The molecule has 1 atom stereocenters. The van der Waals surface area contributed by atoms with E-state index in [-0.39, 0.29) is 17.0 Å². The largest absolute Gasteiger partial charge is 0.310 e. The molecule has 0 bridgehead atoms. The molecule has 0 amide bonds. The van der Waals surface area contributed by atoms with Crippen LogP contribution in [0.15, 0.2) is 12.1 Å². The third-order valence-electron chi connectivity index (χ3n) is 2.62. The standard InChI is InChI=1S/C13H18F3N/c1-5-17-12(13(2,3)4)8-6-10(15)11(16)7-9(8)14/h6-7,12,17H,5H2,1-4H3. The van der Waals surface area contributed by atoms with Crippen LogP contribution in [-0.4, -0.2) is 6.54 Å². The maximum atomic E-state index is 13.7. The van der Waals surface area contributed by atoms with Gasteiger partial charge in [-0.05, 0) is 18.0 Å². The molecular formula is C13H18F3N. The van der Waals surface area contributed by atoms with Gasteiger partial charge in [-0.1, -0.05) is 27.7 Å². The van der Waals surface area contributed by atoms with Crippen molar-refractivity contribution < 1.29 is 13.2 Å². The van der Waals surface area contributed by atoms with Crippen LogP contribution in [0.2, 0.25) is 0 Å². The summed E-state index contributed by atoms with van der Waals surface area (Å²) in [4.78, 5) is 0. The second-order valence-corrected chi connectivity index (χ2v) is 5.14. The molecule has 96 valence electrons. The maximum absolute atomic E-state index is 13.7. The molecule has 0 aliphatic rings. The Morgan fingerprint density at radius 2 is 1.59 bits per heavy atom. The Balaban J connectivity index is 3.23. The highest BCUT2D eigenvalue weighted by Crippen LogP contribution is 2.34. The lowest BCUT2D eigenvalue weighted by molar-refractivity contribution is 0.268. The first-order chi connectivity index (χ1) is 7.77. The molecule has 0 radical (unpaired) electrons. The fraction of sp³-hybridized carbons (Fsp3) is 0.538. The molecule has 1 rings (SSSR count). The lowest BCUT2D eigenvalue weighted by Gasteiger charge is -2.32. The normalized spacial score (nSPS) is 13.8. The average Bonchev–Trinajstić information content (AvgIpc) is 2.19. The summed E-state index contributed by atoms with van der Waals surface area (Å²) in [5, 5.41) is 3.10. The van der Waals surface area contributed by atoms with E-state index in [9.17, 15) is 13.2 Å². The molecule has 1 nitrogen and oxygen atoms in total. The molecule has 0 aliphatic carbocycles. The first-order valence-electron chi connectivity index (χ1n) is 5.65. The minimum atomic E-state index is -1.16. The van der Waals surface area contributed by atoms with E-state index < -0.39 is 17.5 Å². The van der Waals surface area contributed by atoms with Crippen molar-refractivity contribution in [2.24, 2.45) is 5.41 Å². The van der Waals surface area contributed by atoms with E-state index >= 15 is 0 Å². The fourth-order valence-electron chi connectivity index (χ4n) is 1.85. The lowest BCUT2D eigenvalue weighted by Crippen LogP contribution is -2.33. The van der Waals surface area contributed by atoms with E-state index in [0.29, 0.717) is 12.6 Å². The topological polar surface area (TPSA) is 12.0 Å². The molecule has 1 unspecified atom stereocenters. The third kappa shape index (κ3) is 3.22. The van der Waals surface area contributed by atoms with Crippen LogP contribution in [0.5, 0.6) is 0 Å². The summed E-state index contributed by atoms with van der Waals surface area (Å²) < 4.78 is 39.7. The predicted octanol–water partition coefficient (Wildman–Crippen LogP) is 3.80. The first-order valence-corrected chi connectivity index (χ1v) is 5.65. The minimum Gasteiger partial charge on any atom is -0.310 e. The molecule has 0 aromatic heterocycles. The van der Waals surface area contributed by atoms with Gasteiger partial charge >= 0.3 is 0 Å². The second-order valence-electron chi connectivity index (χ2n) is 5.14. The molecular weight excluding hydrogens is 227 g/mol. The molecule has 0 aliphatic heterocycles. The maximum Gasteiger partial charge on any atom is 0.161 e. The first kappa shape index (κ1) is 14.0. The van der Waals surface area contributed by atoms with E-state index in [2.05, 4.69) is 5.32 Å². The quantitative estimate of drug-likeness (QED) is 0.799. The van der Waals surface area contributed by atoms with Gasteiger partial charge in [0, 0.05) is 17.7 Å². The van der Waals surface area contributed by atoms with Crippen molar-refractivity contribution in [3.8, 4) is 0 Å². The van der Waals surface area contributed by atoms with E-state index in [1.54, 1.807) is 0 Å². The fourth-order valence-corrected chi connectivity index (χ4v) is 1.85. The Hall–Kier alpha value is -1.03. The Morgan fingerprint density at radius 1 is 1.06 bits per heavy atom. The number of nitrogens with one attached hydrogen (secondary N) is 1. The van der Waals surface area contributed by atoms with Crippen molar-refractivity contribution >= 4 is 0 Å². The Bertz CT molecular complexity index is 396. The van der Waals surface area contributed by atoms with Gasteiger partial charge in [0.1, 0.15) is 5.82 Å². The zero-order valence-electron chi connectivity index (χ0n) is 10.6. The van der Waals surface area contributed by atoms with Crippen molar-refractivity contribution in [3.05, 3.63) is 35.1 Å². The van der Waals surface area contributed by atoms with Crippen molar-refractivity contribution in [1.29, 1.82) is 0 Å². The van der Waals surface area contributed by atoms with Gasteiger partial charge < -0.3 is 5.32 Å². The van der Waals surface area contributed by atoms with E-state index in [1.165, 1.54) is 0 Å². The summed E-state index contributed by atoms with van der Waals surface area (Å²) >= 11 is 0. The Kier molecular flexibility index (Phi) is 4.20. The summed E-state index contributed by atoms with van der Waals surface area (Å²) in [6, 6.07) is 1.17. The van der Waals surface area contributed by atoms with Crippen LogP contribution >= 0.6 is 0 Å². The molecule has 17 heavy (non-hydrogen) atoms. The van der Waals surface area contributed by atoms with Gasteiger partial charge in [-0.2, -0.15) is 0 Å². The summed E-state index contributed by atoms with van der Waals surface area (Å²) in [5.41, 5.74) is -0.126. The highest BCUT2D eigenvalue weighted by atomic mass is 19.2. The molecule has 0 saturated carbocycles. The predicted molar refractivity (Wildman–Crippen MR) is 62.2 cm³/mol. The molecule has 1 aromatic rings. The zero-order chi connectivity index (χ0) is 13.2. The summed E-state index contributed by atoms with van der Waals surface area (Å²) in [7, 11) is 0. The zero-order valence-corrected chi connectivity index (χ0v) is 10.6. The van der Waals surface area contributed by atoms with E-state index in [1.807, 2.05) is 27.7 Å².